The zero-order valence-corrected chi connectivity index (χ0v) is 14.2. The third-order valence-corrected chi connectivity index (χ3v) is 4.29. The van der Waals surface area contributed by atoms with Crippen LogP contribution in [-0.4, -0.2) is 27.2 Å². The molecule has 2 heterocycles. The van der Waals surface area contributed by atoms with Crippen LogP contribution in [0.3, 0.4) is 0 Å². The summed E-state index contributed by atoms with van der Waals surface area (Å²) in [5, 5.41) is 10.1. The molecule has 0 spiro atoms. The minimum Gasteiger partial charge on any atom is -0.356 e. The highest BCUT2D eigenvalue weighted by Gasteiger charge is 2.15. The molecule has 0 bridgehead atoms. The fourth-order valence-electron chi connectivity index (χ4n) is 2.27. The van der Waals surface area contributed by atoms with Gasteiger partial charge < -0.3 is 5.32 Å². The quantitative estimate of drug-likeness (QED) is 0.799. The number of carbonyl (C=O) groups excluding carboxylic acids is 1. The molecule has 2 aromatic heterocycles. The lowest BCUT2D eigenvalue weighted by Gasteiger charge is -2.01. The maximum atomic E-state index is 11.7. The van der Waals surface area contributed by atoms with Gasteiger partial charge in [0.15, 0.2) is 0 Å². The maximum absolute atomic E-state index is 11.7. The zero-order valence-electron chi connectivity index (χ0n) is 13.3. The Morgan fingerprint density at radius 1 is 1.50 bits per heavy atom. The van der Waals surface area contributed by atoms with Crippen LogP contribution < -0.4 is 5.32 Å². The second-order valence-electron chi connectivity index (χ2n) is 5.20. The van der Waals surface area contributed by atoms with Crippen LogP contribution in [0.15, 0.2) is 18.0 Å². The van der Waals surface area contributed by atoms with Crippen molar-refractivity contribution in [2.24, 2.45) is 0 Å². The summed E-state index contributed by atoms with van der Waals surface area (Å²) in [5.74, 6) is 0.0133. The lowest BCUT2D eigenvalue weighted by Crippen LogP contribution is -2.25. The molecule has 0 unspecified atom stereocenters. The van der Waals surface area contributed by atoms with E-state index in [0.717, 1.165) is 35.1 Å². The summed E-state index contributed by atoms with van der Waals surface area (Å²) in [6.45, 7) is 10.6. The van der Waals surface area contributed by atoms with Crippen molar-refractivity contribution in [2.45, 2.75) is 40.0 Å². The summed E-state index contributed by atoms with van der Waals surface area (Å²) in [4.78, 5) is 16.3. The number of aryl methyl sites for hydroxylation is 1. The number of amides is 1. The average Bonchev–Trinajstić information content (AvgIpc) is 3.05. The Kier molecular flexibility index (Phi) is 5.49. The topological polar surface area (TPSA) is 59.8 Å². The first-order valence-electron chi connectivity index (χ1n) is 7.44. The second-order valence-corrected chi connectivity index (χ2v) is 6.04. The van der Waals surface area contributed by atoms with Crippen LogP contribution in [0, 0.1) is 13.8 Å². The number of hydrogen-bond donors (Lipinski definition) is 1. The van der Waals surface area contributed by atoms with E-state index in [1.807, 2.05) is 36.9 Å². The number of allylic oxidation sites excluding steroid dienone is 1. The highest BCUT2D eigenvalue weighted by Crippen LogP contribution is 2.21. The second kappa shape index (κ2) is 7.35. The number of thiazole rings is 1. The molecule has 1 amide bonds. The summed E-state index contributed by atoms with van der Waals surface area (Å²) in [7, 11) is 0. The minimum atomic E-state index is 0.0133. The molecule has 0 aliphatic carbocycles. The SMILES string of the molecule is C=CCc1c(C)nn(-c2nc(CC(=O)NCCC)cs2)c1C. The van der Waals surface area contributed by atoms with Gasteiger partial charge in [-0.3, -0.25) is 4.79 Å². The summed E-state index contributed by atoms with van der Waals surface area (Å²) in [6.07, 6.45) is 3.93. The van der Waals surface area contributed by atoms with Gasteiger partial charge in [-0.25, -0.2) is 9.67 Å². The van der Waals surface area contributed by atoms with Gasteiger partial charge in [0.05, 0.1) is 17.8 Å². The Hall–Kier alpha value is -1.95. The number of hydrogen-bond acceptors (Lipinski definition) is 4. The molecule has 22 heavy (non-hydrogen) atoms. The summed E-state index contributed by atoms with van der Waals surface area (Å²) in [5.41, 5.74) is 4.04. The molecule has 0 aliphatic rings. The van der Waals surface area contributed by atoms with Crippen molar-refractivity contribution in [1.82, 2.24) is 20.1 Å². The minimum absolute atomic E-state index is 0.0133. The number of carbonyl (C=O) groups is 1. The van der Waals surface area contributed by atoms with E-state index in [1.54, 1.807) is 0 Å². The van der Waals surface area contributed by atoms with E-state index in [9.17, 15) is 4.79 Å². The lowest BCUT2D eigenvalue weighted by molar-refractivity contribution is -0.120. The van der Waals surface area contributed by atoms with Crippen LogP contribution >= 0.6 is 11.3 Å². The van der Waals surface area contributed by atoms with Crippen LogP contribution in [0.25, 0.3) is 5.13 Å². The Labute approximate surface area is 135 Å². The normalized spacial score (nSPS) is 10.7. The van der Waals surface area contributed by atoms with Crippen LogP contribution in [0.5, 0.6) is 0 Å². The molecule has 2 aromatic rings. The van der Waals surface area contributed by atoms with Gasteiger partial charge in [-0.15, -0.1) is 17.9 Å². The van der Waals surface area contributed by atoms with Gasteiger partial charge in [0.25, 0.3) is 0 Å². The number of nitrogens with zero attached hydrogens (tertiary/aromatic N) is 3. The van der Waals surface area contributed by atoms with E-state index < -0.39 is 0 Å². The monoisotopic (exact) mass is 318 g/mol. The molecular weight excluding hydrogens is 296 g/mol. The van der Waals surface area contributed by atoms with Crippen LogP contribution in [0.1, 0.15) is 36.0 Å². The molecule has 2 rings (SSSR count). The van der Waals surface area contributed by atoms with Crippen molar-refractivity contribution in [3.8, 4) is 5.13 Å². The number of nitrogens with one attached hydrogen (secondary N) is 1. The van der Waals surface area contributed by atoms with Gasteiger partial charge >= 0.3 is 0 Å². The summed E-state index contributed by atoms with van der Waals surface area (Å²) >= 11 is 1.51. The molecule has 6 heteroatoms. The fourth-order valence-corrected chi connectivity index (χ4v) is 3.09. The van der Waals surface area contributed by atoms with Gasteiger partial charge in [-0.05, 0) is 26.7 Å². The van der Waals surface area contributed by atoms with Crippen LogP contribution in [0.4, 0.5) is 0 Å². The fraction of sp³-hybridized carbons (Fsp3) is 0.438. The molecule has 118 valence electrons. The van der Waals surface area contributed by atoms with E-state index in [4.69, 9.17) is 0 Å². The van der Waals surface area contributed by atoms with E-state index in [2.05, 4.69) is 22.0 Å². The van der Waals surface area contributed by atoms with E-state index in [0.29, 0.717) is 13.0 Å². The first-order valence-corrected chi connectivity index (χ1v) is 8.32. The average molecular weight is 318 g/mol. The molecule has 0 atom stereocenters. The molecular formula is C16H22N4OS. The molecule has 1 N–H and O–H groups in total. The first-order chi connectivity index (χ1) is 10.6. The molecule has 0 saturated carbocycles. The van der Waals surface area contributed by atoms with Crippen LogP contribution in [0.2, 0.25) is 0 Å². The summed E-state index contributed by atoms with van der Waals surface area (Å²) < 4.78 is 1.85. The van der Waals surface area contributed by atoms with Gasteiger partial charge in [-0.2, -0.15) is 5.10 Å². The molecule has 0 aliphatic heterocycles. The molecule has 0 aromatic carbocycles. The lowest BCUT2D eigenvalue weighted by atomic mass is 10.1. The predicted molar refractivity (Wildman–Crippen MR) is 89.6 cm³/mol. The molecule has 5 nitrogen and oxygen atoms in total. The predicted octanol–water partition coefficient (Wildman–Crippen LogP) is 2.74. The van der Waals surface area contributed by atoms with Gasteiger partial charge in [0, 0.05) is 23.2 Å². The van der Waals surface area contributed by atoms with Gasteiger partial charge in [-0.1, -0.05) is 13.0 Å². The maximum Gasteiger partial charge on any atom is 0.226 e. The van der Waals surface area contributed by atoms with Gasteiger partial charge in [0.2, 0.25) is 11.0 Å². The third-order valence-electron chi connectivity index (χ3n) is 3.42. The standard InChI is InChI=1S/C16H22N4OS/c1-5-7-14-11(3)19-20(12(14)4)16-18-13(10-22-16)9-15(21)17-8-6-2/h5,10H,1,6-9H2,2-4H3,(H,17,21). The Morgan fingerprint density at radius 2 is 2.27 bits per heavy atom. The highest BCUT2D eigenvalue weighted by molar-refractivity contribution is 7.12. The third kappa shape index (κ3) is 3.62. The van der Waals surface area contributed by atoms with Crippen LogP contribution in [-0.2, 0) is 17.6 Å². The molecule has 0 saturated heterocycles. The van der Waals surface area contributed by atoms with Gasteiger partial charge in [0.1, 0.15) is 0 Å². The van der Waals surface area contributed by atoms with Crippen molar-refractivity contribution in [3.05, 3.63) is 40.7 Å². The van der Waals surface area contributed by atoms with Crippen molar-refractivity contribution in [3.63, 3.8) is 0 Å². The Bertz CT molecular complexity index is 672. The number of rotatable bonds is 7. The Balaban J connectivity index is 2.16. The molecule has 0 fully saturated rings. The van der Waals surface area contributed by atoms with Crippen molar-refractivity contribution >= 4 is 17.2 Å². The largest absolute Gasteiger partial charge is 0.356 e. The van der Waals surface area contributed by atoms with E-state index in [-0.39, 0.29) is 5.91 Å². The highest BCUT2D eigenvalue weighted by atomic mass is 32.1. The molecule has 0 radical (unpaired) electrons. The van der Waals surface area contributed by atoms with Crippen molar-refractivity contribution in [2.75, 3.05) is 6.54 Å². The van der Waals surface area contributed by atoms with Crippen molar-refractivity contribution in [1.29, 1.82) is 0 Å². The Morgan fingerprint density at radius 3 is 2.95 bits per heavy atom. The zero-order chi connectivity index (χ0) is 16.1. The van der Waals surface area contributed by atoms with E-state index in [1.165, 1.54) is 16.9 Å². The smallest absolute Gasteiger partial charge is 0.226 e. The summed E-state index contributed by atoms with van der Waals surface area (Å²) in [6, 6.07) is 0. The first kappa shape index (κ1) is 16.4. The van der Waals surface area contributed by atoms with E-state index >= 15 is 0 Å². The number of aromatic nitrogens is 3. The van der Waals surface area contributed by atoms with Crippen molar-refractivity contribution < 1.29 is 4.79 Å².